The predicted molar refractivity (Wildman–Crippen MR) is 80.4 cm³/mol. The van der Waals surface area contributed by atoms with E-state index in [4.69, 9.17) is 9.47 Å². The summed E-state index contributed by atoms with van der Waals surface area (Å²) in [4.78, 5) is 22.7. The van der Waals surface area contributed by atoms with Crippen LogP contribution in [0.4, 0.5) is 5.69 Å². The summed E-state index contributed by atoms with van der Waals surface area (Å²) >= 11 is 0. The van der Waals surface area contributed by atoms with Gasteiger partial charge in [-0.1, -0.05) is 18.2 Å². The topological polar surface area (TPSA) is 78.7 Å². The Hall–Kier alpha value is -2.89. The number of nitrogens with zero attached hydrogens (tertiary/aromatic N) is 1. The Kier molecular flexibility index (Phi) is 4.73. The van der Waals surface area contributed by atoms with Crippen LogP contribution in [0.25, 0.3) is 0 Å². The Morgan fingerprint density at radius 3 is 2.45 bits per heavy atom. The zero-order valence-electron chi connectivity index (χ0n) is 12.2. The lowest BCUT2D eigenvalue weighted by Crippen LogP contribution is -2.12. The second kappa shape index (κ2) is 6.71. The fourth-order valence-corrected chi connectivity index (χ4v) is 2.01. The highest BCUT2D eigenvalue weighted by Gasteiger charge is 2.20. The summed E-state index contributed by atoms with van der Waals surface area (Å²) in [5, 5.41) is 10.9. The predicted octanol–water partition coefficient (Wildman–Crippen LogP) is 3.52. The highest BCUT2D eigenvalue weighted by atomic mass is 16.6. The van der Waals surface area contributed by atoms with Crippen LogP contribution in [-0.2, 0) is 0 Å². The van der Waals surface area contributed by atoms with Crippen LogP contribution in [0.3, 0.4) is 0 Å². The first-order valence-electron chi connectivity index (χ1n) is 6.72. The molecule has 6 heteroatoms. The smallest absolute Gasteiger partial charge is 0.344 e. The molecule has 0 spiro atoms. The van der Waals surface area contributed by atoms with E-state index in [-0.39, 0.29) is 22.6 Å². The Morgan fingerprint density at radius 2 is 1.82 bits per heavy atom. The van der Waals surface area contributed by atoms with Crippen molar-refractivity contribution in [1.82, 2.24) is 0 Å². The molecular weight excluding hydrogens is 286 g/mol. The summed E-state index contributed by atoms with van der Waals surface area (Å²) in [6.45, 7) is 3.77. The van der Waals surface area contributed by atoms with E-state index in [0.717, 1.165) is 0 Å². The van der Waals surface area contributed by atoms with Crippen LogP contribution in [-0.4, -0.2) is 17.5 Å². The molecule has 0 radical (unpaired) electrons. The number of esters is 1. The van der Waals surface area contributed by atoms with E-state index in [1.165, 1.54) is 25.1 Å². The summed E-state index contributed by atoms with van der Waals surface area (Å²) < 4.78 is 10.7. The number of carbonyl (C=O) groups excluding carboxylic acids is 1. The van der Waals surface area contributed by atoms with Crippen LogP contribution >= 0.6 is 0 Å². The summed E-state index contributed by atoms with van der Waals surface area (Å²) in [5.74, 6) is 0.0649. The molecule has 0 atom stereocenters. The lowest BCUT2D eigenvalue weighted by atomic mass is 10.1. The van der Waals surface area contributed by atoms with E-state index in [9.17, 15) is 14.9 Å². The first-order valence-corrected chi connectivity index (χ1v) is 6.72. The quantitative estimate of drug-likeness (QED) is 0.365. The van der Waals surface area contributed by atoms with Gasteiger partial charge in [0, 0.05) is 11.6 Å². The Morgan fingerprint density at radius 1 is 1.14 bits per heavy atom. The molecule has 6 nitrogen and oxygen atoms in total. The molecule has 0 N–H and O–H groups in total. The van der Waals surface area contributed by atoms with Crippen molar-refractivity contribution in [3.05, 3.63) is 63.7 Å². The van der Waals surface area contributed by atoms with E-state index < -0.39 is 10.9 Å². The van der Waals surface area contributed by atoms with Crippen molar-refractivity contribution in [2.75, 3.05) is 6.61 Å². The molecule has 0 saturated heterocycles. The molecule has 0 unspecified atom stereocenters. The molecule has 0 fully saturated rings. The molecule has 0 aromatic heterocycles. The number of hydrogen-bond acceptors (Lipinski definition) is 5. The minimum absolute atomic E-state index is 0.118. The van der Waals surface area contributed by atoms with Gasteiger partial charge < -0.3 is 9.47 Å². The highest BCUT2D eigenvalue weighted by molar-refractivity contribution is 5.93. The number of nitro benzene ring substituents is 1. The lowest BCUT2D eigenvalue weighted by molar-refractivity contribution is -0.385. The number of rotatable bonds is 5. The van der Waals surface area contributed by atoms with Crippen LogP contribution in [0.2, 0.25) is 0 Å². The van der Waals surface area contributed by atoms with Crippen molar-refractivity contribution in [1.29, 1.82) is 0 Å². The van der Waals surface area contributed by atoms with Crippen molar-refractivity contribution in [2.24, 2.45) is 0 Å². The third-order valence-corrected chi connectivity index (χ3v) is 3.07. The van der Waals surface area contributed by atoms with Crippen LogP contribution in [0.15, 0.2) is 42.5 Å². The maximum Gasteiger partial charge on any atom is 0.344 e. The molecule has 0 bridgehead atoms. The summed E-state index contributed by atoms with van der Waals surface area (Å²) in [7, 11) is 0. The van der Waals surface area contributed by atoms with E-state index in [0.29, 0.717) is 12.4 Å². The van der Waals surface area contributed by atoms with E-state index in [1.807, 2.05) is 6.92 Å². The van der Waals surface area contributed by atoms with Gasteiger partial charge in [0.25, 0.3) is 5.69 Å². The Labute approximate surface area is 127 Å². The van der Waals surface area contributed by atoms with Gasteiger partial charge in [-0.3, -0.25) is 10.1 Å². The maximum absolute atomic E-state index is 12.3. The monoisotopic (exact) mass is 301 g/mol. The number of benzene rings is 2. The average Bonchev–Trinajstić information content (AvgIpc) is 2.49. The molecular formula is C16H15NO5. The molecule has 0 aliphatic heterocycles. The van der Waals surface area contributed by atoms with Gasteiger partial charge in [-0.05, 0) is 32.0 Å². The van der Waals surface area contributed by atoms with Gasteiger partial charge in [0.15, 0.2) is 11.5 Å². The molecule has 0 aliphatic carbocycles. The van der Waals surface area contributed by atoms with E-state index in [1.54, 1.807) is 24.3 Å². The molecule has 2 rings (SSSR count). The van der Waals surface area contributed by atoms with Crippen molar-refractivity contribution < 1.29 is 19.2 Å². The minimum atomic E-state index is -0.659. The third kappa shape index (κ3) is 3.22. The number of hydrogen-bond donors (Lipinski definition) is 0. The van der Waals surface area contributed by atoms with E-state index in [2.05, 4.69) is 0 Å². The minimum Gasteiger partial charge on any atom is -0.490 e. The van der Waals surface area contributed by atoms with Gasteiger partial charge in [-0.25, -0.2) is 4.79 Å². The number of carbonyl (C=O) groups is 1. The number of ether oxygens (including phenoxy) is 2. The summed E-state index contributed by atoms with van der Waals surface area (Å²) in [5.41, 5.74) is 0.305. The van der Waals surface area contributed by atoms with Gasteiger partial charge in [-0.15, -0.1) is 0 Å². The highest BCUT2D eigenvalue weighted by Crippen LogP contribution is 2.28. The first kappa shape index (κ1) is 15.5. The molecule has 22 heavy (non-hydrogen) atoms. The molecule has 2 aromatic rings. The van der Waals surface area contributed by atoms with Gasteiger partial charge in [-0.2, -0.15) is 0 Å². The van der Waals surface area contributed by atoms with Crippen LogP contribution in [0.5, 0.6) is 11.5 Å². The van der Waals surface area contributed by atoms with Crippen molar-refractivity contribution in [3.8, 4) is 11.5 Å². The molecule has 0 aliphatic rings. The Bertz CT molecular complexity index is 711. The molecule has 114 valence electrons. The second-order valence-electron chi connectivity index (χ2n) is 4.48. The van der Waals surface area contributed by atoms with Crippen molar-refractivity contribution >= 4 is 11.7 Å². The zero-order valence-corrected chi connectivity index (χ0v) is 12.2. The fourth-order valence-electron chi connectivity index (χ4n) is 2.01. The van der Waals surface area contributed by atoms with Gasteiger partial charge >= 0.3 is 5.97 Å². The SMILES string of the molecule is CCOc1ccccc1OC(=O)c1cccc([N+](=O)[O-])c1C. The lowest BCUT2D eigenvalue weighted by Gasteiger charge is -2.11. The van der Waals surface area contributed by atoms with Gasteiger partial charge in [0.1, 0.15) is 0 Å². The van der Waals surface area contributed by atoms with Crippen molar-refractivity contribution in [3.63, 3.8) is 0 Å². The Balaban J connectivity index is 2.31. The van der Waals surface area contributed by atoms with Crippen LogP contribution in [0.1, 0.15) is 22.8 Å². The first-order chi connectivity index (χ1) is 10.5. The summed E-state index contributed by atoms with van der Waals surface area (Å²) in [6.07, 6.45) is 0. The molecule has 0 amide bonds. The van der Waals surface area contributed by atoms with E-state index >= 15 is 0 Å². The second-order valence-corrected chi connectivity index (χ2v) is 4.48. The number of nitro groups is 1. The standard InChI is InChI=1S/C16H15NO5/c1-3-21-14-9-4-5-10-15(14)22-16(18)12-7-6-8-13(11(12)2)17(19)20/h4-10H,3H2,1-2H3. The average molecular weight is 301 g/mol. The molecule has 0 saturated carbocycles. The normalized spacial score (nSPS) is 10.1. The summed E-state index contributed by atoms with van der Waals surface area (Å²) in [6, 6.07) is 11.1. The van der Waals surface area contributed by atoms with Crippen LogP contribution in [0, 0.1) is 17.0 Å². The largest absolute Gasteiger partial charge is 0.490 e. The third-order valence-electron chi connectivity index (χ3n) is 3.07. The zero-order chi connectivity index (χ0) is 16.1. The van der Waals surface area contributed by atoms with Crippen LogP contribution < -0.4 is 9.47 Å². The number of para-hydroxylation sites is 2. The maximum atomic E-state index is 12.3. The fraction of sp³-hybridized carbons (Fsp3) is 0.188. The molecule has 0 heterocycles. The van der Waals surface area contributed by atoms with Gasteiger partial charge in [0.2, 0.25) is 0 Å². The van der Waals surface area contributed by atoms with Gasteiger partial charge in [0.05, 0.1) is 17.1 Å². The van der Waals surface area contributed by atoms with Crippen molar-refractivity contribution in [2.45, 2.75) is 13.8 Å². The molecule has 2 aromatic carbocycles.